The van der Waals surface area contributed by atoms with Crippen molar-refractivity contribution < 1.29 is 0 Å². The minimum atomic E-state index is 0.761. The predicted molar refractivity (Wildman–Crippen MR) is 64.8 cm³/mol. The highest BCUT2D eigenvalue weighted by atomic mass is 79.9. The molecular weight excluding hydrogens is 254 g/mol. The van der Waals surface area contributed by atoms with E-state index in [1.54, 1.807) is 6.20 Å². The predicted octanol–water partition coefficient (Wildman–Crippen LogP) is 3.09. The number of H-pyrrole nitrogens is 1. The Balaban J connectivity index is 2.07. The number of rotatable bonds is 3. The second kappa shape index (κ2) is 4.49. The maximum absolute atomic E-state index is 3.90. The van der Waals surface area contributed by atoms with Crippen LogP contribution in [0.3, 0.4) is 0 Å². The van der Waals surface area contributed by atoms with E-state index in [2.05, 4.69) is 50.5 Å². The van der Waals surface area contributed by atoms with Gasteiger partial charge in [-0.2, -0.15) is 5.10 Å². The first kappa shape index (κ1) is 10.2. The third-order valence-corrected chi connectivity index (χ3v) is 2.72. The molecule has 2 rings (SSSR count). The third kappa shape index (κ3) is 2.59. The molecule has 0 radical (unpaired) electrons. The summed E-state index contributed by atoms with van der Waals surface area (Å²) in [4.78, 5) is 0. The lowest BCUT2D eigenvalue weighted by Crippen LogP contribution is -2.01. The molecule has 0 spiro atoms. The Labute approximate surface area is 97.0 Å². The maximum atomic E-state index is 3.90. The first-order valence-corrected chi connectivity index (χ1v) is 5.53. The van der Waals surface area contributed by atoms with Crippen molar-refractivity contribution in [1.29, 1.82) is 0 Å². The molecule has 1 heterocycles. The van der Waals surface area contributed by atoms with Gasteiger partial charge in [-0.25, -0.2) is 0 Å². The summed E-state index contributed by atoms with van der Waals surface area (Å²) in [5.74, 6) is 0. The summed E-state index contributed by atoms with van der Waals surface area (Å²) in [6, 6.07) is 8.15. The second-order valence-electron chi connectivity index (χ2n) is 3.39. The minimum absolute atomic E-state index is 0.761. The van der Waals surface area contributed by atoms with Gasteiger partial charge in [0.1, 0.15) is 0 Å². The fraction of sp³-hybridized carbons (Fsp3) is 0.182. The molecule has 0 aliphatic rings. The molecule has 4 heteroatoms. The lowest BCUT2D eigenvalue weighted by atomic mass is 10.2. The van der Waals surface area contributed by atoms with Crippen LogP contribution in [0.5, 0.6) is 0 Å². The number of nitrogens with zero attached hydrogens (tertiary/aromatic N) is 1. The Hall–Kier alpha value is -1.29. The van der Waals surface area contributed by atoms with E-state index in [1.165, 1.54) is 5.56 Å². The highest BCUT2D eigenvalue weighted by molar-refractivity contribution is 9.10. The van der Waals surface area contributed by atoms with Gasteiger partial charge < -0.3 is 5.32 Å². The van der Waals surface area contributed by atoms with Crippen LogP contribution in [0.15, 0.2) is 34.9 Å². The van der Waals surface area contributed by atoms with Crippen molar-refractivity contribution in [2.24, 2.45) is 0 Å². The Morgan fingerprint density at radius 3 is 3.00 bits per heavy atom. The van der Waals surface area contributed by atoms with Gasteiger partial charge in [-0.1, -0.05) is 22.0 Å². The summed E-state index contributed by atoms with van der Waals surface area (Å²) in [6.07, 6.45) is 1.75. The molecule has 0 saturated carbocycles. The Morgan fingerprint density at radius 1 is 1.40 bits per heavy atom. The van der Waals surface area contributed by atoms with Crippen LogP contribution in [0.25, 0.3) is 0 Å². The van der Waals surface area contributed by atoms with Gasteiger partial charge in [-0.05, 0) is 30.7 Å². The van der Waals surface area contributed by atoms with Gasteiger partial charge in [-0.15, -0.1) is 0 Å². The Bertz CT molecular complexity index is 437. The van der Waals surface area contributed by atoms with Crippen LogP contribution in [0.1, 0.15) is 11.3 Å². The van der Waals surface area contributed by atoms with Crippen LogP contribution in [-0.4, -0.2) is 10.2 Å². The highest BCUT2D eigenvalue weighted by Gasteiger charge is 1.99. The van der Waals surface area contributed by atoms with E-state index in [1.807, 2.05) is 12.1 Å². The molecule has 78 valence electrons. The van der Waals surface area contributed by atoms with E-state index < -0.39 is 0 Å². The van der Waals surface area contributed by atoms with Gasteiger partial charge in [0.15, 0.2) is 0 Å². The van der Waals surface area contributed by atoms with Crippen LogP contribution in [0.4, 0.5) is 5.69 Å². The molecule has 0 bridgehead atoms. The monoisotopic (exact) mass is 265 g/mol. The number of hydrogen-bond acceptors (Lipinski definition) is 2. The van der Waals surface area contributed by atoms with Gasteiger partial charge in [0.2, 0.25) is 0 Å². The Morgan fingerprint density at radius 2 is 2.27 bits per heavy atom. The molecule has 0 atom stereocenters. The summed E-state index contributed by atoms with van der Waals surface area (Å²) in [6.45, 7) is 2.85. The average molecular weight is 266 g/mol. The first-order chi connectivity index (χ1) is 7.25. The fourth-order valence-corrected chi connectivity index (χ4v) is 1.72. The second-order valence-corrected chi connectivity index (χ2v) is 4.31. The van der Waals surface area contributed by atoms with Gasteiger partial charge >= 0.3 is 0 Å². The largest absolute Gasteiger partial charge is 0.379 e. The topological polar surface area (TPSA) is 40.7 Å². The van der Waals surface area contributed by atoms with Crippen LogP contribution in [0, 0.1) is 6.92 Å². The lowest BCUT2D eigenvalue weighted by molar-refractivity contribution is 0.980. The summed E-state index contributed by atoms with van der Waals surface area (Å²) >= 11 is 3.45. The summed E-state index contributed by atoms with van der Waals surface area (Å²) in [7, 11) is 0. The van der Waals surface area contributed by atoms with Crippen molar-refractivity contribution in [3.8, 4) is 0 Å². The van der Waals surface area contributed by atoms with Crippen LogP contribution in [-0.2, 0) is 6.54 Å². The molecule has 0 amide bonds. The summed E-state index contributed by atoms with van der Waals surface area (Å²) in [5, 5.41) is 10.2. The Kier molecular flexibility index (Phi) is 3.06. The van der Waals surface area contributed by atoms with E-state index in [-0.39, 0.29) is 0 Å². The van der Waals surface area contributed by atoms with Crippen molar-refractivity contribution in [3.05, 3.63) is 46.2 Å². The minimum Gasteiger partial charge on any atom is -0.379 e. The lowest BCUT2D eigenvalue weighted by Gasteiger charge is -2.08. The molecule has 1 aromatic carbocycles. The molecule has 2 N–H and O–H groups in total. The van der Waals surface area contributed by atoms with E-state index in [4.69, 9.17) is 0 Å². The van der Waals surface area contributed by atoms with Crippen LogP contribution < -0.4 is 5.32 Å². The van der Waals surface area contributed by atoms with Gasteiger partial charge in [0, 0.05) is 16.4 Å². The van der Waals surface area contributed by atoms with Gasteiger partial charge in [0.25, 0.3) is 0 Å². The van der Waals surface area contributed by atoms with Crippen LogP contribution >= 0.6 is 15.9 Å². The maximum Gasteiger partial charge on any atom is 0.0567 e. The summed E-state index contributed by atoms with van der Waals surface area (Å²) < 4.78 is 1.08. The molecular formula is C11H12BrN3. The number of anilines is 1. The van der Waals surface area contributed by atoms with Crippen LogP contribution in [0.2, 0.25) is 0 Å². The van der Waals surface area contributed by atoms with Crippen molar-refractivity contribution >= 4 is 21.6 Å². The third-order valence-electron chi connectivity index (χ3n) is 2.23. The van der Waals surface area contributed by atoms with Crippen molar-refractivity contribution in [2.45, 2.75) is 13.5 Å². The van der Waals surface area contributed by atoms with Crippen molar-refractivity contribution in [1.82, 2.24) is 10.2 Å². The highest BCUT2D eigenvalue weighted by Crippen LogP contribution is 2.20. The number of halogens is 1. The molecule has 0 aliphatic heterocycles. The van der Waals surface area contributed by atoms with E-state index in [9.17, 15) is 0 Å². The van der Waals surface area contributed by atoms with E-state index in [0.717, 1.165) is 22.4 Å². The molecule has 2 aromatic rings. The number of hydrogen-bond donors (Lipinski definition) is 2. The molecule has 0 fully saturated rings. The first-order valence-electron chi connectivity index (χ1n) is 4.74. The SMILES string of the molecule is Cc1ccc(Br)cc1NCc1ccn[nH]1. The zero-order valence-corrected chi connectivity index (χ0v) is 10.0. The zero-order chi connectivity index (χ0) is 10.7. The number of benzene rings is 1. The number of aromatic nitrogens is 2. The van der Waals surface area contributed by atoms with Crippen molar-refractivity contribution in [3.63, 3.8) is 0 Å². The number of aryl methyl sites for hydroxylation is 1. The zero-order valence-electron chi connectivity index (χ0n) is 8.42. The smallest absolute Gasteiger partial charge is 0.0567 e. The van der Waals surface area contributed by atoms with Gasteiger partial charge in [0.05, 0.1) is 12.2 Å². The molecule has 0 aliphatic carbocycles. The quantitative estimate of drug-likeness (QED) is 0.896. The molecule has 0 saturated heterocycles. The summed E-state index contributed by atoms with van der Waals surface area (Å²) in [5.41, 5.74) is 3.45. The van der Waals surface area contributed by atoms with Gasteiger partial charge in [-0.3, -0.25) is 5.10 Å². The fourth-order valence-electron chi connectivity index (χ4n) is 1.36. The van der Waals surface area contributed by atoms with Crippen molar-refractivity contribution in [2.75, 3.05) is 5.32 Å². The number of aromatic amines is 1. The van der Waals surface area contributed by atoms with E-state index >= 15 is 0 Å². The molecule has 15 heavy (non-hydrogen) atoms. The average Bonchev–Trinajstić information content (AvgIpc) is 2.72. The normalized spacial score (nSPS) is 10.3. The molecule has 0 unspecified atom stereocenters. The molecule has 3 nitrogen and oxygen atoms in total. The number of nitrogens with one attached hydrogen (secondary N) is 2. The van der Waals surface area contributed by atoms with E-state index in [0.29, 0.717) is 0 Å². The standard InChI is InChI=1S/C11H12BrN3/c1-8-2-3-9(12)6-11(8)13-7-10-4-5-14-15-10/h2-6,13H,7H2,1H3,(H,14,15). The molecule has 1 aromatic heterocycles.